The molecule has 4 rings (SSSR count). The standard InChI is InChI=1S/C23H17BrN2O/c1-16-6-4-9-19(14-16)26-22(13-12-17-7-5-8-18(24)15-17)25-21-11-3-2-10-20(21)23(26)27/h2-15H,1H3. The van der Waals surface area contributed by atoms with E-state index >= 15 is 0 Å². The zero-order chi connectivity index (χ0) is 18.8. The quantitative estimate of drug-likeness (QED) is 0.433. The van der Waals surface area contributed by atoms with Crippen molar-refractivity contribution in [2.24, 2.45) is 0 Å². The maximum atomic E-state index is 13.2. The van der Waals surface area contributed by atoms with Gasteiger partial charge in [-0.05, 0) is 60.5 Å². The second-order valence-electron chi connectivity index (χ2n) is 6.36. The van der Waals surface area contributed by atoms with Gasteiger partial charge in [-0.2, -0.15) is 0 Å². The fourth-order valence-electron chi connectivity index (χ4n) is 3.06. The van der Waals surface area contributed by atoms with Gasteiger partial charge in [-0.1, -0.05) is 58.4 Å². The molecule has 0 aliphatic rings. The van der Waals surface area contributed by atoms with Gasteiger partial charge in [0, 0.05) is 4.47 Å². The van der Waals surface area contributed by atoms with Gasteiger partial charge in [-0.3, -0.25) is 9.36 Å². The topological polar surface area (TPSA) is 34.9 Å². The van der Waals surface area contributed by atoms with Crippen molar-refractivity contribution < 1.29 is 0 Å². The maximum absolute atomic E-state index is 13.2. The molecule has 1 aromatic heterocycles. The molecule has 0 radical (unpaired) electrons. The van der Waals surface area contributed by atoms with Crippen LogP contribution < -0.4 is 5.56 Å². The van der Waals surface area contributed by atoms with Crippen LogP contribution in [-0.2, 0) is 0 Å². The molecule has 0 saturated heterocycles. The van der Waals surface area contributed by atoms with Gasteiger partial charge >= 0.3 is 0 Å². The molecule has 3 nitrogen and oxygen atoms in total. The van der Waals surface area contributed by atoms with Crippen LogP contribution in [0.2, 0.25) is 0 Å². The maximum Gasteiger partial charge on any atom is 0.266 e. The molecule has 1 heterocycles. The van der Waals surface area contributed by atoms with E-state index in [-0.39, 0.29) is 5.56 Å². The first-order valence-electron chi connectivity index (χ1n) is 8.64. The Labute approximate surface area is 165 Å². The summed E-state index contributed by atoms with van der Waals surface area (Å²) in [5, 5.41) is 0.610. The molecule has 0 N–H and O–H groups in total. The lowest BCUT2D eigenvalue weighted by atomic mass is 10.2. The van der Waals surface area contributed by atoms with Gasteiger partial charge in [0.2, 0.25) is 0 Å². The number of fused-ring (bicyclic) bond motifs is 1. The number of aromatic nitrogens is 2. The lowest BCUT2D eigenvalue weighted by Gasteiger charge is -2.12. The minimum absolute atomic E-state index is 0.0694. The van der Waals surface area contributed by atoms with Crippen LogP contribution in [0.15, 0.2) is 82.1 Å². The summed E-state index contributed by atoms with van der Waals surface area (Å²) in [6.45, 7) is 2.01. The molecular weight excluding hydrogens is 400 g/mol. The molecule has 27 heavy (non-hydrogen) atoms. The van der Waals surface area contributed by atoms with Crippen LogP contribution in [0.3, 0.4) is 0 Å². The third-order valence-corrected chi connectivity index (χ3v) is 4.83. The molecule has 0 fully saturated rings. The van der Waals surface area contributed by atoms with Gasteiger partial charge in [-0.15, -0.1) is 0 Å². The number of halogens is 1. The highest BCUT2D eigenvalue weighted by Gasteiger charge is 2.11. The van der Waals surface area contributed by atoms with Gasteiger partial charge < -0.3 is 0 Å². The summed E-state index contributed by atoms with van der Waals surface area (Å²) in [6, 6.07) is 23.3. The van der Waals surface area contributed by atoms with E-state index in [1.807, 2.05) is 91.9 Å². The molecule has 0 atom stereocenters. The van der Waals surface area contributed by atoms with E-state index in [1.165, 1.54) is 0 Å². The molecule has 3 aromatic carbocycles. The molecule has 0 bridgehead atoms. The van der Waals surface area contributed by atoms with Crippen molar-refractivity contribution in [1.82, 2.24) is 9.55 Å². The number of para-hydroxylation sites is 1. The second kappa shape index (κ2) is 7.33. The van der Waals surface area contributed by atoms with Crippen LogP contribution in [0, 0.1) is 6.92 Å². The summed E-state index contributed by atoms with van der Waals surface area (Å²) in [5.74, 6) is 0.601. The Morgan fingerprint density at radius 2 is 1.74 bits per heavy atom. The van der Waals surface area contributed by atoms with Crippen LogP contribution in [0.4, 0.5) is 0 Å². The van der Waals surface area contributed by atoms with Crippen molar-refractivity contribution in [2.75, 3.05) is 0 Å². The van der Waals surface area contributed by atoms with Crippen molar-refractivity contribution in [2.45, 2.75) is 6.92 Å². The lowest BCUT2D eigenvalue weighted by molar-refractivity contribution is 0.942. The largest absolute Gasteiger partial charge is 0.268 e. The van der Waals surface area contributed by atoms with E-state index in [0.29, 0.717) is 16.7 Å². The smallest absolute Gasteiger partial charge is 0.266 e. The fraction of sp³-hybridized carbons (Fsp3) is 0.0435. The van der Waals surface area contributed by atoms with E-state index in [2.05, 4.69) is 15.9 Å². The Morgan fingerprint density at radius 3 is 2.56 bits per heavy atom. The Kier molecular flexibility index (Phi) is 4.73. The average Bonchev–Trinajstić information content (AvgIpc) is 2.66. The molecule has 0 amide bonds. The Hall–Kier alpha value is -2.98. The van der Waals surface area contributed by atoms with Crippen molar-refractivity contribution in [3.63, 3.8) is 0 Å². The second-order valence-corrected chi connectivity index (χ2v) is 7.27. The third-order valence-electron chi connectivity index (χ3n) is 4.34. The van der Waals surface area contributed by atoms with Crippen LogP contribution in [0.25, 0.3) is 28.7 Å². The Bertz CT molecular complexity index is 1220. The highest BCUT2D eigenvalue weighted by Crippen LogP contribution is 2.17. The molecule has 0 unspecified atom stereocenters. The van der Waals surface area contributed by atoms with E-state index in [0.717, 1.165) is 21.3 Å². The third kappa shape index (κ3) is 3.62. The predicted octanol–water partition coefficient (Wildman–Crippen LogP) is 5.63. The predicted molar refractivity (Wildman–Crippen MR) is 115 cm³/mol. The number of benzene rings is 3. The number of nitrogens with zero attached hydrogens (tertiary/aromatic N) is 2. The van der Waals surface area contributed by atoms with E-state index in [4.69, 9.17) is 4.98 Å². The monoisotopic (exact) mass is 416 g/mol. The molecule has 0 saturated carbocycles. The molecule has 4 heteroatoms. The molecule has 0 aliphatic heterocycles. The SMILES string of the molecule is Cc1cccc(-n2c(C=Cc3cccc(Br)c3)nc3ccccc3c2=O)c1. The van der Waals surface area contributed by atoms with Gasteiger partial charge in [-0.25, -0.2) is 4.98 Å². The first-order valence-corrected chi connectivity index (χ1v) is 9.43. The van der Waals surface area contributed by atoms with Crippen molar-refractivity contribution >= 4 is 39.0 Å². The zero-order valence-corrected chi connectivity index (χ0v) is 16.3. The minimum atomic E-state index is -0.0694. The highest BCUT2D eigenvalue weighted by atomic mass is 79.9. The van der Waals surface area contributed by atoms with Crippen LogP contribution in [0.5, 0.6) is 0 Å². The molecular formula is C23H17BrN2O. The van der Waals surface area contributed by atoms with Gasteiger partial charge in [0.1, 0.15) is 5.82 Å². The molecule has 0 aliphatic carbocycles. The van der Waals surface area contributed by atoms with Crippen LogP contribution >= 0.6 is 15.9 Å². The molecule has 4 aromatic rings. The number of rotatable bonds is 3. The summed E-state index contributed by atoms with van der Waals surface area (Å²) in [4.78, 5) is 18.0. The summed E-state index contributed by atoms with van der Waals surface area (Å²) in [7, 11) is 0. The van der Waals surface area contributed by atoms with Crippen molar-refractivity contribution in [3.8, 4) is 5.69 Å². The molecule has 132 valence electrons. The molecule has 0 spiro atoms. The van der Waals surface area contributed by atoms with Gasteiger partial charge in [0.25, 0.3) is 5.56 Å². The summed E-state index contributed by atoms with van der Waals surface area (Å²) < 4.78 is 2.68. The van der Waals surface area contributed by atoms with Gasteiger partial charge in [0.15, 0.2) is 0 Å². The van der Waals surface area contributed by atoms with Crippen LogP contribution in [-0.4, -0.2) is 9.55 Å². The first-order chi connectivity index (χ1) is 13.1. The van der Waals surface area contributed by atoms with Crippen molar-refractivity contribution in [1.29, 1.82) is 0 Å². The lowest BCUT2D eigenvalue weighted by Crippen LogP contribution is -2.22. The Morgan fingerprint density at radius 1 is 0.926 bits per heavy atom. The van der Waals surface area contributed by atoms with E-state index < -0.39 is 0 Å². The van der Waals surface area contributed by atoms with Gasteiger partial charge in [0.05, 0.1) is 16.6 Å². The van der Waals surface area contributed by atoms with Crippen LogP contribution in [0.1, 0.15) is 17.0 Å². The summed E-state index contributed by atoms with van der Waals surface area (Å²) >= 11 is 3.49. The van der Waals surface area contributed by atoms with E-state index in [9.17, 15) is 4.79 Å². The number of hydrogen-bond acceptors (Lipinski definition) is 2. The zero-order valence-electron chi connectivity index (χ0n) is 14.8. The summed E-state index contributed by atoms with van der Waals surface area (Å²) in [5.41, 5.74) is 3.56. The number of aryl methyl sites for hydroxylation is 1. The fourth-order valence-corrected chi connectivity index (χ4v) is 3.48. The first kappa shape index (κ1) is 17.4. The number of hydrogen-bond donors (Lipinski definition) is 0. The normalized spacial score (nSPS) is 11.3. The van der Waals surface area contributed by atoms with Crippen molar-refractivity contribution in [3.05, 3.63) is 105 Å². The Balaban J connectivity index is 1.95. The summed E-state index contributed by atoms with van der Waals surface area (Å²) in [6.07, 6.45) is 3.85. The average molecular weight is 417 g/mol. The highest BCUT2D eigenvalue weighted by molar-refractivity contribution is 9.10. The van der Waals surface area contributed by atoms with E-state index in [1.54, 1.807) is 4.57 Å². The minimum Gasteiger partial charge on any atom is -0.268 e.